The minimum Gasteiger partial charge on any atom is -0.385 e. The Morgan fingerprint density at radius 1 is 1.32 bits per heavy atom. The molecule has 0 atom stereocenters. The molecular weight excluding hydrogens is 447 g/mol. The Morgan fingerprint density at radius 3 is 2.64 bits per heavy atom. The van der Waals surface area contributed by atoms with E-state index in [4.69, 9.17) is 9.73 Å². The van der Waals surface area contributed by atoms with Crippen molar-refractivity contribution < 1.29 is 4.74 Å². The summed E-state index contributed by atoms with van der Waals surface area (Å²) >= 11 is 1.83. The lowest BCUT2D eigenvalue weighted by Gasteiger charge is -2.37. The fraction of sp³-hybridized carbons (Fsp3) is 0.722. The van der Waals surface area contributed by atoms with Crippen LogP contribution in [0.4, 0.5) is 5.00 Å². The van der Waals surface area contributed by atoms with Crippen LogP contribution in [0.5, 0.6) is 0 Å². The van der Waals surface area contributed by atoms with Crippen LogP contribution in [-0.4, -0.2) is 63.8 Å². The van der Waals surface area contributed by atoms with Gasteiger partial charge in [0.25, 0.3) is 0 Å². The Bertz CT molecular complexity index is 525. The SMILES string of the molecule is CCNC(=NCC1(CCOC)CC1)N1CCN(c2cccs2)CC1.I. The summed E-state index contributed by atoms with van der Waals surface area (Å²) in [5, 5.41) is 7.02. The lowest BCUT2D eigenvalue weighted by molar-refractivity contribution is 0.174. The lowest BCUT2D eigenvalue weighted by atomic mass is 10.0. The monoisotopic (exact) mass is 478 g/mol. The van der Waals surface area contributed by atoms with Crippen LogP contribution in [0, 0.1) is 5.41 Å². The van der Waals surface area contributed by atoms with Gasteiger partial charge >= 0.3 is 0 Å². The zero-order valence-corrected chi connectivity index (χ0v) is 18.5. The van der Waals surface area contributed by atoms with E-state index in [9.17, 15) is 0 Å². The molecule has 1 aromatic rings. The van der Waals surface area contributed by atoms with Crippen molar-refractivity contribution >= 4 is 46.3 Å². The van der Waals surface area contributed by atoms with Crippen molar-refractivity contribution in [2.45, 2.75) is 26.2 Å². The zero-order chi connectivity index (χ0) is 16.8. The third kappa shape index (κ3) is 5.72. The first-order valence-electron chi connectivity index (χ1n) is 9.07. The van der Waals surface area contributed by atoms with Crippen LogP contribution >= 0.6 is 35.3 Å². The number of nitrogens with one attached hydrogen (secondary N) is 1. The van der Waals surface area contributed by atoms with E-state index in [0.717, 1.165) is 58.3 Å². The van der Waals surface area contributed by atoms with E-state index in [0.29, 0.717) is 5.41 Å². The highest BCUT2D eigenvalue weighted by Crippen LogP contribution is 2.49. The lowest BCUT2D eigenvalue weighted by Crippen LogP contribution is -2.52. The Balaban J connectivity index is 0.00000225. The van der Waals surface area contributed by atoms with E-state index < -0.39 is 0 Å². The third-order valence-corrected chi connectivity index (χ3v) is 6.02. The van der Waals surface area contributed by atoms with E-state index in [1.807, 2.05) is 11.3 Å². The van der Waals surface area contributed by atoms with Crippen LogP contribution in [0.15, 0.2) is 22.5 Å². The van der Waals surface area contributed by atoms with Gasteiger partial charge < -0.3 is 19.9 Å². The van der Waals surface area contributed by atoms with Crippen LogP contribution in [-0.2, 0) is 4.74 Å². The predicted molar refractivity (Wildman–Crippen MR) is 118 cm³/mol. The summed E-state index contributed by atoms with van der Waals surface area (Å²) in [5.74, 6) is 1.09. The van der Waals surface area contributed by atoms with Crippen molar-refractivity contribution in [3.05, 3.63) is 17.5 Å². The smallest absolute Gasteiger partial charge is 0.194 e. The van der Waals surface area contributed by atoms with E-state index in [2.05, 4.69) is 39.6 Å². The summed E-state index contributed by atoms with van der Waals surface area (Å²) < 4.78 is 5.26. The largest absolute Gasteiger partial charge is 0.385 e. The maximum Gasteiger partial charge on any atom is 0.194 e. The molecule has 0 bridgehead atoms. The third-order valence-electron chi connectivity index (χ3n) is 5.09. The van der Waals surface area contributed by atoms with Crippen LogP contribution < -0.4 is 10.2 Å². The summed E-state index contributed by atoms with van der Waals surface area (Å²) in [6.07, 6.45) is 3.73. The molecule has 0 aromatic carbocycles. The molecule has 7 heteroatoms. The van der Waals surface area contributed by atoms with E-state index in [1.54, 1.807) is 7.11 Å². The number of ether oxygens (including phenoxy) is 1. The first-order chi connectivity index (χ1) is 11.8. The molecule has 1 saturated carbocycles. The summed E-state index contributed by atoms with van der Waals surface area (Å²) in [6, 6.07) is 4.35. The van der Waals surface area contributed by atoms with Gasteiger partial charge in [-0.15, -0.1) is 35.3 Å². The topological polar surface area (TPSA) is 40.1 Å². The number of anilines is 1. The van der Waals surface area contributed by atoms with E-state index in [-0.39, 0.29) is 24.0 Å². The van der Waals surface area contributed by atoms with Gasteiger partial charge in [-0.2, -0.15) is 0 Å². The molecule has 1 N–H and O–H groups in total. The molecule has 1 aromatic heterocycles. The molecule has 2 fully saturated rings. The minimum atomic E-state index is 0. The molecule has 0 unspecified atom stereocenters. The number of guanidine groups is 1. The molecule has 0 spiro atoms. The molecule has 3 rings (SSSR count). The summed E-state index contributed by atoms with van der Waals surface area (Å²) in [4.78, 5) is 9.87. The average molecular weight is 478 g/mol. The molecule has 0 amide bonds. The van der Waals surface area contributed by atoms with Gasteiger partial charge in [0.2, 0.25) is 0 Å². The first kappa shape index (κ1) is 20.8. The van der Waals surface area contributed by atoms with Gasteiger partial charge in [0.15, 0.2) is 5.96 Å². The second-order valence-electron chi connectivity index (χ2n) is 6.84. The highest BCUT2D eigenvalue weighted by atomic mass is 127. The highest BCUT2D eigenvalue weighted by molar-refractivity contribution is 14.0. The first-order valence-corrected chi connectivity index (χ1v) is 9.95. The molecule has 2 aliphatic rings. The van der Waals surface area contributed by atoms with Gasteiger partial charge in [-0.25, -0.2) is 0 Å². The maximum atomic E-state index is 5.26. The predicted octanol–water partition coefficient (Wildman–Crippen LogP) is 3.27. The van der Waals surface area contributed by atoms with Crippen molar-refractivity contribution in [1.29, 1.82) is 0 Å². The number of hydrogen-bond donors (Lipinski definition) is 1. The van der Waals surface area contributed by atoms with Gasteiger partial charge in [0, 0.05) is 53.0 Å². The second kappa shape index (κ2) is 9.97. The van der Waals surface area contributed by atoms with E-state index >= 15 is 0 Å². The summed E-state index contributed by atoms with van der Waals surface area (Å²) in [6.45, 7) is 9.07. The standard InChI is InChI=1S/C18H30N4OS.HI/c1-3-19-17(20-15-18(6-7-18)8-13-23-2)22-11-9-21(10-12-22)16-5-4-14-24-16;/h4-5,14H,3,6-13,15H2,1-2H3,(H,19,20);1H. The molecule has 2 heterocycles. The average Bonchev–Trinajstić information content (AvgIpc) is 3.17. The summed E-state index contributed by atoms with van der Waals surface area (Å²) in [7, 11) is 1.79. The fourth-order valence-corrected chi connectivity index (χ4v) is 4.02. The number of rotatable bonds is 7. The number of halogens is 1. The Labute approximate surface area is 172 Å². The Hall–Kier alpha value is -0.540. The van der Waals surface area contributed by atoms with Crippen molar-refractivity contribution in [3.8, 4) is 0 Å². The molecule has 1 saturated heterocycles. The molecule has 25 heavy (non-hydrogen) atoms. The van der Waals surface area contributed by atoms with Crippen LogP contribution in [0.1, 0.15) is 26.2 Å². The van der Waals surface area contributed by atoms with Crippen LogP contribution in [0.3, 0.4) is 0 Å². The molecule has 5 nitrogen and oxygen atoms in total. The number of methoxy groups -OCH3 is 1. The van der Waals surface area contributed by atoms with Crippen molar-refractivity contribution in [2.75, 3.05) is 57.9 Å². The second-order valence-corrected chi connectivity index (χ2v) is 7.76. The van der Waals surface area contributed by atoms with Crippen molar-refractivity contribution in [2.24, 2.45) is 10.4 Å². The molecule has 1 aliphatic carbocycles. The van der Waals surface area contributed by atoms with Crippen LogP contribution in [0.25, 0.3) is 0 Å². The normalized spacial score (nSPS) is 19.5. The number of aliphatic imine (C=N–C) groups is 1. The number of nitrogens with zero attached hydrogens (tertiary/aromatic N) is 3. The van der Waals surface area contributed by atoms with Gasteiger partial charge in [0.05, 0.1) is 5.00 Å². The zero-order valence-electron chi connectivity index (χ0n) is 15.4. The highest BCUT2D eigenvalue weighted by Gasteiger charge is 2.42. The van der Waals surface area contributed by atoms with Crippen LogP contribution in [0.2, 0.25) is 0 Å². The maximum absolute atomic E-state index is 5.26. The summed E-state index contributed by atoms with van der Waals surface area (Å²) in [5.41, 5.74) is 0.412. The van der Waals surface area contributed by atoms with Gasteiger partial charge in [-0.1, -0.05) is 0 Å². The van der Waals surface area contributed by atoms with Gasteiger partial charge in [0.1, 0.15) is 0 Å². The fourth-order valence-electron chi connectivity index (χ4n) is 3.24. The van der Waals surface area contributed by atoms with E-state index in [1.165, 1.54) is 17.8 Å². The molecule has 142 valence electrons. The van der Waals surface area contributed by atoms with Crippen molar-refractivity contribution in [1.82, 2.24) is 10.2 Å². The minimum absolute atomic E-state index is 0. The number of thiophene rings is 1. The van der Waals surface area contributed by atoms with Gasteiger partial charge in [-0.05, 0) is 49.1 Å². The number of hydrogen-bond acceptors (Lipinski definition) is 4. The Morgan fingerprint density at radius 2 is 2.08 bits per heavy atom. The molecular formula is C18H31IN4OS. The number of piperazine rings is 1. The molecule has 1 aliphatic heterocycles. The van der Waals surface area contributed by atoms with Crippen molar-refractivity contribution in [3.63, 3.8) is 0 Å². The quantitative estimate of drug-likeness (QED) is 0.371. The van der Waals surface area contributed by atoms with Gasteiger partial charge in [-0.3, -0.25) is 4.99 Å². The Kier molecular flexibility index (Phi) is 8.28. The molecule has 0 radical (unpaired) electrons.